The van der Waals surface area contributed by atoms with E-state index >= 15 is 0 Å². The molecule has 3 aromatic carbocycles. The molecular formula is C31H39N3O4S. The second-order valence-corrected chi connectivity index (χ2v) is 11.8. The lowest BCUT2D eigenvalue weighted by molar-refractivity contribution is -0.139. The first-order chi connectivity index (χ1) is 18.5. The fourth-order valence-corrected chi connectivity index (χ4v) is 5.58. The Hall–Kier alpha value is -3.65. The van der Waals surface area contributed by atoms with Crippen molar-refractivity contribution in [1.82, 2.24) is 10.2 Å². The third-order valence-electron chi connectivity index (χ3n) is 6.81. The second-order valence-electron chi connectivity index (χ2n) is 9.93. The number of sulfonamides is 1. The highest BCUT2D eigenvalue weighted by Gasteiger charge is 2.32. The topological polar surface area (TPSA) is 86.8 Å². The fraction of sp³-hybridized carbons (Fsp3) is 0.355. The molecule has 0 fully saturated rings. The van der Waals surface area contributed by atoms with Crippen LogP contribution in [0.15, 0.2) is 77.7 Å². The Balaban J connectivity index is 2.00. The number of benzene rings is 3. The minimum Gasteiger partial charge on any atom is -0.354 e. The Labute approximate surface area is 232 Å². The number of nitrogens with one attached hydrogen (secondary N) is 1. The molecule has 0 radical (unpaired) electrons. The van der Waals surface area contributed by atoms with Crippen LogP contribution in [0.1, 0.15) is 48.9 Å². The number of carbonyl (C=O) groups excluding carboxylic acids is 2. The van der Waals surface area contributed by atoms with E-state index in [1.807, 2.05) is 64.1 Å². The van der Waals surface area contributed by atoms with Gasteiger partial charge < -0.3 is 10.2 Å². The molecular weight excluding hydrogens is 510 g/mol. The van der Waals surface area contributed by atoms with Crippen LogP contribution in [0, 0.1) is 20.8 Å². The summed E-state index contributed by atoms with van der Waals surface area (Å²) >= 11 is 0. The molecule has 0 saturated heterocycles. The van der Waals surface area contributed by atoms with Crippen molar-refractivity contribution in [3.8, 4) is 0 Å². The molecule has 3 rings (SSSR count). The zero-order valence-electron chi connectivity index (χ0n) is 23.5. The van der Waals surface area contributed by atoms with E-state index in [4.69, 9.17) is 0 Å². The van der Waals surface area contributed by atoms with E-state index in [0.29, 0.717) is 12.2 Å². The maximum absolute atomic E-state index is 14.0. The quantitative estimate of drug-likeness (QED) is 0.317. The van der Waals surface area contributed by atoms with Crippen LogP contribution in [0.2, 0.25) is 0 Å². The normalized spacial score (nSPS) is 12.0. The number of carbonyl (C=O) groups is 2. The van der Waals surface area contributed by atoms with Crippen molar-refractivity contribution in [3.63, 3.8) is 0 Å². The third-order valence-corrected chi connectivity index (χ3v) is 8.60. The predicted octanol–water partition coefficient (Wildman–Crippen LogP) is 5.14. The van der Waals surface area contributed by atoms with Crippen molar-refractivity contribution in [1.29, 1.82) is 0 Å². The lowest BCUT2D eigenvalue weighted by Crippen LogP contribution is -2.51. The molecule has 0 saturated carbocycles. The molecule has 0 unspecified atom stereocenters. The van der Waals surface area contributed by atoms with Crippen molar-refractivity contribution < 1.29 is 18.0 Å². The van der Waals surface area contributed by atoms with Crippen LogP contribution in [0.4, 0.5) is 5.69 Å². The zero-order valence-corrected chi connectivity index (χ0v) is 24.3. The van der Waals surface area contributed by atoms with E-state index in [9.17, 15) is 18.0 Å². The molecule has 0 aliphatic carbocycles. The Kier molecular flexibility index (Phi) is 10.3. The van der Waals surface area contributed by atoms with E-state index < -0.39 is 28.5 Å². The smallest absolute Gasteiger partial charge is 0.264 e. The molecule has 0 aromatic heterocycles. The van der Waals surface area contributed by atoms with Gasteiger partial charge in [0.2, 0.25) is 11.8 Å². The number of amides is 2. The van der Waals surface area contributed by atoms with Gasteiger partial charge in [-0.05, 0) is 69.5 Å². The van der Waals surface area contributed by atoms with Gasteiger partial charge in [-0.2, -0.15) is 0 Å². The number of hydrogen-bond acceptors (Lipinski definition) is 4. The summed E-state index contributed by atoms with van der Waals surface area (Å²) < 4.78 is 28.8. The van der Waals surface area contributed by atoms with Crippen molar-refractivity contribution in [2.75, 3.05) is 17.4 Å². The van der Waals surface area contributed by atoms with Crippen molar-refractivity contribution in [3.05, 3.63) is 95.1 Å². The molecule has 0 aliphatic heterocycles. The average molecular weight is 550 g/mol. The van der Waals surface area contributed by atoms with Gasteiger partial charge >= 0.3 is 0 Å². The Bertz CT molecular complexity index is 1370. The summed E-state index contributed by atoms with van der Waals surface area (Å²) in [6, 6.07) is 20.4. The van der Waals surface area contributed by atoms with Crippen molar-refractivity contribution >= 4 is 27.5 Å². The highest BCUT2D eigenvalue weighted by atomic mass is 32.2. The van der Waals surface area contributed by atoms with Gasteiger partial charge in [0, 0.05) is 13.1 Å². The van der Waals surface area contributed by atoms with Crippen molar-refractivity contribution in [2.24, 2.45) is 0 Å². The van der Waals surface area contributed by atoms with Gasteiger partial charge in [0.05, 0.1) is 10.6 Å². The summed E-state index contributed by atoms with van der Waals surface area (Å²) in [5, 5.41) is 2.91. The van der Waals surface area contributed by atoms with E-state index in [2.05, 4.69) is 5.32 Å². The van der Waals surface area contributed by atoms with Crippen LogP contribution >= 0.6 is 0 Å². The predicted molar refractivity (Wildman–Crippen MR) is 156 cm³/mol. The maximum Gasteiger partial charge on any atom is 0.264 e. The van der Waals surface area contributed by atoms with Gasteiger partial charge in [0.15, 0.2) is 0 Å². The highest BCUT2D eigenvalue weighted by Crippen LogP contribution is 2.25. The van der Waals surface area contributed by atoms with Crippen LogP contribution in [-0.2, 0) is 26.2 Å². The van der Waals surface area contributed by atoms with Crippen LogP contribution < -0.4 is 9.62 Å². The zero-order chi connectivity index (χ0) is 28.6. The van der Waals surface area contributed by atoms with Crippen LogP contribution in [-0.4, -0.2) is 44.3 Å². The lowest BCUT2D eigenvalue weighted by Gasteiger charge is -2.32. The van der Waals surface area contributed by atoms with E-state index in [-0.39, 0.29) is 17.3 Å². The molecule has 208 valence electrons. The number of hydrogen-bond donors (Lipinski definition) is 1. The highest BCUT2D eigenvalue weighted by molar-refractivity contribution is 7.92. The monoisotopic (exact) mass is 549 g/mol. The van der Waals surface area contributed by atoms with Crippen molar-refractivity contribution in [2.45, 2.75) is 64.9 Å². The summed E-state index contributed by atoms with van der Waals surface area (Å²) in [6.45, 7) is 9.72. The third kappa shape index (κ3) is 7.69. The lowest BCUT2D eigenvalue weighted by atomic mass is 10.1. The number of anilines is 1. The standard InChI is InChI=1S/C31H39N3O4S/c1-6-7-20-32-31(36)26(5)33(21-27-11-9-8-10-25(27)4)30(35)22-34(28-16-12-23(2)13-17-28)39(37,38)29-18-14-24(3)15-19-29/h8-19,26H,6-7,20-22H2,1-5H3,(H,32,36)/t26-/m1/s1. The SMILES string of the molecule is CCCCNC(=O)[C@@H](C)N(Cc1ccccc1C)C(=O)CN(c1ccc(C)cc1)S(=O)(=O)c1ccc(C)cc1. The van der Waals surface area contributed by atoms with Gasteiger partial charge in [0.1, 0.15) is 12.6 Å². The summed E-state index contributed by atoms with van der Waals surface area (Å²) in [5.41, 5.74) is 4.15. The molecule has 2 amide bonds. The van der Waals surface area contributed by atoms with E-state index in [1.54, 1.807) is 43.3 Å². The minimum absolute atomic E-state index is 0.0947. The van der Waals surface area contributed by atoms with Gasteiger partial charge in [-0.15, -0.1) is 0 Å². The van der Waals surface area contributed by atoms with Crippen LogP contribution in [0.3, 0.4) is 0 Å². The van der Waals surface area contributed by atoms with Crippen LogP contribution in [0.5, 0.6) is 0 Å². The summed E-state index contributed by atoms with van der Waals surface area (Å²) in [5.74, 6) is -0.735. The minimum atomic E-state index is -4.07. The Morgan fingerprint density at radius 2 is 1.46 bits per heavy atom. The molecule has 0 heterocycles. The van der Waals surface area contributed by atoms with Gasteiger partial charge in [0.25, 0.3) is 10.0 Å². The first-order valence-corrected chi connectivity index (χ1v) is 14.8. The number of rotatable bonds is 12. The summed E-state index contributed by atoms with van der Waals surface area (Å²) in [7, 11) is -4.07. The first kappa shape index (κ1) is 29.9. The Morgan fingerprint density at radius 1 is 0.872 bits per heavy atom. The first-order valence-electron chi connectivity index (χ1n) is 13.3. The molecule has 7 nitrogen and oxygen atoms in total. The molecule has 3 aromatic rings. The Morgan fingerprint density at radius 3 is 2.05 bits per heavy atom. The van der Waals surface area contributed by atoms with Crippen LogP contribution in [0.25, 0.3) is 0 Å². The average Bonchev–Trinajstić information content (AvgIpc) is 2.91. The summed E-state index contributed by atoms with van der Waals surface area (Å²) in [4.78, 5) is 28.6. The number of unbranched alkanes of at least 4 members (excludes halogenated alkanes) is 1. The fourth-order valence-electron chi connectivity index (χ4n) is 4.17. The van der Waals surface area contributed by atoms with E-state index in [1.165, 1.54) is 4.90 Å². The molecule has 0 spiro atoms. The molecule has 1 atom stereocenters. The second kappa shape index (κ2) is 13.4. The summed E-state index contributed by atoms with van der Waals surface area (Å²) in [6.07, 6.45) is 1.77. The van der Waals surface area contributed by atoms with Gasteiger partial charge in [-0.25, -0.2) is 8.42 Å². The number of aryl methyl sites for hydroxylation is 3. The molecule has 0 bridgehead atoms. The molecule has 39 heavy (non-hydrogen) atoms. The molecule has 8 heteroatoms. The number of nitrogens with zero attached hydrogens (tertiary/aromatic N) is 2. The maximum atomic E-state index is 14.0. The van der Waals surface area contributed by atoms with Gasteiger partial charge in [-0.1, -0.05) is 73.0 Å². The largest absolute Gasteiger partial charge is 0.354 e. The molecule has 0 aliphatic rings. The van der Waals surface area contributed by atoms with E-state index in [0.717, 1.165) is 39.4 Å². The molecule has 1 N–H and O–H groups in total. The van der Waals surface area contributed by atoms with Gasteiger partial charge in [-0.3, -0.25) is 13.9 Å².